The Labute approximate surface area is 200 Å². The highest BCUT2D eigenvalue weighted by atomic mass is 19.1. The lowest BCUT2D eigenvalue weighted by molar-refractivity contribution is -0.134. The Kier molecular flexibility index (Phi) is 7.43. The minimum absolute atomic E-state index is 0.0245. The van der Waals surface area contributed by atoms with E-state index in [9.17, 15) is 14.3 Å². The number of aliphatic hydroxyl groups is 1. The minimum atomic E-state index is -0.899. The van der Waals surface area contributed by atoms with E-state index in [4.69, 9.17) is 4.74 Å². The van der Waals surface area contributed by atoms with Gasteiger partial charge in [0.25, 0.3) is 0 Å². The van der Waals surface area contributed by atoms with Crippen LogP contribution in [0.1, 0.15) is 36.0 Å². The molecule has 0 bridgehead atoms. The van der Waals surface area contributed by atoms with Crippen molar-refractivity contribution in [3.8, 4) is 5.75 Å². The van der Waals surface area contributed by atoms with Crippen LogP contribution in [0.25, 0.3) is 5.57 Å². The predicted octanol–water partition coefficient (Wildman–Crippen LogP) is 5.36. The molecule has 1 heterocycles. The van der Waals surface area contributed by atoms with E-state index < -0.39 is 5.60 Å². The number of methoxy groups -OCH3 is 1. The van der Waals surface area contributed by atoms with Crippen molar-refractivity contribution in [3.63, 3.8) is 0 Å². The summed E-state index contributed by atoms with van der Waals surface area (Å²) in [4.78, 5) is 15.1. The van der Waals surface area contributed by atoms with E-state index in [-0.39, 0.29) is 18.1 Å². The molecule has 176 valence electrons. The number of rotatable bonds is 7. The van der Waals surface area contributed by atoms with Gasteiger partial charge in [-0.1, -0.05) is 66.7 Å². The van der Waals surface area contributed by atoms with Gasteiger partial charge in [0.1, 0.15) is 11.6 Å². The Morgan fingerprint density at radius 3 is 2.32 bits per heavy atom. The van der Waals surface area contributed by atoms with Gasteiger partial charge in [-0.15, -0.1) is 0 Å². The van der Waals surface area contributed by atoms with Crippen LogP contribution in [-0.2, 0) is 16.8 Å². The van der Waals surface area contributed by atoms with E-state index in [1.165, 1.54) is 12.1 Å². The number of hydrogen-bond donors (Lipinski definition) is 1. The smallest absolute Gasteiger partial charge is 0.227 e. The lowest BCUT2D eigenvalue weighted by atomic mass is 9.84. The average molecular weight is 460 g/mol. The van der Waals surface area contributed by atoms with E-state index in [0.29, 0.717) is 38.1 Å². The lowest BCUT2D eigenvalue weighted by Crippen LogP contribution is -2.45. The van der Waals surface area contributed by atoms with Crippen LogP contribution in [0.5, 0.6) is 5.75 Å². The van der Waals surface area contributed by atoms with E-state index in [1.807, 2.05) is 71.6 Å². The maximum absolute atomic E-state index is 13.8. The summed E-state index contributed by atoms with van der Waals surface area (Å²) in [5.74, 6) is 0.324. The number of amides is 1. The predicted molar refractivity (Wildman–Crippen MR) is 132 cm³/mol. The van der Waals surface area contributed by atoms with Gasteiger partial charge in [-0.3, -0.25) is 4.79 Å². The summed E-state index contributed by atoms with van der Waals surface area (Å²) in [6.07, 6.45) is 3.69. The van der Waals surface area contributed by atoms with Gasteiger partial charge in [0, 0.05) is 18.7 Å². The fraction of sp³-hybridized carbons (Fsp3) is 0.276. The zero-order chi connectivity index (χ0) is 24.0. The minimum Gasteiger partial charge on any atom is -0.496 e. The fourth-order valence-electron chi connectivity index (χ4n) is 4.52. The number of halogens is 1. The van der Waals surface area contributed by atoms with Gasteiger partial charge in [0.05, 0.1) is 19.1 Å². The van der Waals surface area contributed by atoms with Gasteiger partial charge in [-0.2, -0.15) is 0 Å². The van der Waals surface area contributed by atoms with Crippen LogP contribution < -0.4 is 4.74 Å². The SMILES string of the molecule is COc1ccc(F)cc1C/C=C(/CC(=O)N1CCC(O)(c2ccccc2)CC1)c1ccccc1. The number of ether oxygens (including phenoxy) is 1. The van der Waals surface area contributed by atoms with E-state index in [2.05, 4.69) is 0 Å². The number of benzene rings is 3. The topological polar surface area (TPSA) is 49.8 Å². The Hall–Kier alpha value is -3.44. The summed E-state index contributed by atoms with van der Waals surface area (Å²) in [5.41, 5.74) is 2.58. The highest BCUT2D eigenvalue weighted by molar-refractivity contribution is 5.89. The lowest BCUT2D eigenvalue weighted by Gasteiger charge is -2.38. The highest BCUT2D eigenvalue weighted by Gasteiger charge is 2.35. The van der Waals surface area contributed by atoms with Crippen LogP contribution in [-0.4, -0.2) is 36.1 Å². The Bertz CT molecular complexity index is 1140. The van der Waals surface area contributed by atoms with Crippen LogP contribution >= 0.6 is 0 Å². The first-order valence-corrected chi connectivity index (χ1v) is 11.6. The van der Waals surface area contributed by atoms with Gasteiger partial charge < -0.3 is 14.7 Å². The summed E-state index contributed by atoms with van der Waals surface area (Å²) >= 11 is 0. The first-order chi connectivity index (χ1) is 16.5. The van der Waals surface area contributed by atoms with Crippen LogP contribution in [0.2, 0.25) is 0 Å². The summed E-state index contributed by atoms with van der Waals surface area (Å²) in [6, 6.07) is 23.9. The molecule has 3 aromatic rings. The molecule has 1 amide bonds. The molecule has 5 heteroatoms. The summed E-state index contributed by atoms with van der Waals surface area (Å²) in [6.45, 7) is 1.01. The second-order valence-corrected chi connectivity index (χ2v) is 8.71. The molecule has 3 aromatic carbocycles. The van der Waals surface area contributed by atoms with Crippen molar-refractivity contribution in [1.82, 2.24) is 4.90 Å². The molecule has 1 aliphatic heterocycles. The van der Waals surface area contributed by atoms with Crippen molar-refractivity contribution < 1.29 is 19.0 Å². The molecule has 1 aliphatic rings. The first kappa shape index (κ1) is 23.7. The normalized spacial score (nSPS) is 15.7. The number of hydrogen-bond acceptors (Lipinski definition) is 3. The number of piperidine rings is 1. The summed E-state index contributed by atoms with van der Waals surface area (Å²) in [5, 5.41) is 11.1. The summed E-state index contributed by atoms with van der Waals surface area (Å²) < 4.78 is 19.2. The van der Waals surface area contributed by atoms with Crippen molar-refractivity contribution in [2.24, 2.45) is 0 Å². The second kappa shape index (κ2) is 10.7. The molecule has 4 rings (SSSR count). The fourth-order valence-corrected chi connectivity index (χ4v) is 4.52. The van der Waals surface area contributed by atoms with Gasteiger partial charge in [-0.05, 0) is 54.2 Å². The highest BCUT2D eigenvalue weighted by Crippen LogP contribution is 2.33. The van der Waals surface area contributed by atoms with Crippen molar-refractivity contribution in [1.29, 1.82) is 0 Å². The standard InChI is InChI=1S/C29H30FNO3/c1-34-27-15-14-26(30)20-24(27)13-12-23(22-8-4-2-5-9-22)21-28(32)31-18-16-29(33,17-19-31)25-10-6-3-7-11-25/h2-12,14-15,20,33H,13,16-19,21H2,1H3/b23-12-. The molecule has 1 fully saturated rings. The Balaban J connectivity index is 1.49. The number of allylic oxidation sites excluding steroid dienone is 1. The third kappa shape index (κ3) is 5.54. The molecule has 0 atom stereocenters. The van der Waals surface area contributed by atoms with Gasteiger partial charge in [0.15, 0.2) is 0 Å². The van der Waals surface area contributed by atoms with Crippen LogP contribution in [0.3, 0.4) is 0 Å². The third-order valence-electron chi connectivity index (χ3n) is 6.55. The molecule has 4 nitrogen and oxygen atoms in total. The number of carbonyl (C=O) groups is 1. The maximum Gasteiger partial charge on any atom is 0.227 e. The number of nitrogens with zero attached hydrogens (tertiary/aromatic N) is 1. The molecule has 1 N–H and O–H groups in total. The monoisotopic (exact) mass is 459 g/mol. The van der Waals surface area contributed by atoms with Crippen molar-refractivity contribution >= 4 is 11.5 Å². The molecule has 1 saturated heterocycles. The number of likely N-dealkylation sites (tertiary alicyclic amines) is 1. The van der Waals surface area contributed by atoms with E-state index >= 15 is 0 Å². The third-order valence-corrected chi connectivity index (χ3v) is 6.55. The van der Waals surface area contributed by atoms with E-state index in [0.717, 1.165) is 22.3 Å². The van der Waals surface area contributed by atoms with Crippen molar-refractivity contribution in [2.45, 2.75) is 31.3 Å². The van der Waals surface area contributed by atoms with Crippen molar-refractivity contribution in [3.05, 3.63) is 107 Å². The van der Waals surface area contributed by atoms with Crippen LogP contribution in [0.4, 0.5) is 4.39 Å². The molecule has 0 radical (unpaired) electrons. The molecule has 0 unspecified atom stereocenters. The molecule has 0 aliphatic carbocycles. The van der Waals surface area contributed by atoms with Crippen LogP contribution in [0.15, 0.2) is 84.9 Å². The zero-order valence-corrected chi connectivity index (χ0v) is 19.4. The molecular formula is C29H30FNO3. The summed E-state index contributed by atoms with van der Waals surface area (Å²) in [7, 11) is 1.56. The van der Waals surface area contributed by atoms with Crippen molar-refractivity contribution in [2.75, 3.05) is 20.2 Å². The van der Waals surface area contributed by atoms with Gasteiger partial charge in [0.2, 0.25) is 5.91 Å². The maximum atomic E-state index is 13.8. The van der Waals surface area contributed by atoms with Gasteiger partial charge in [-0.25, -0.2) is 4.39 Å². The number of carbonyl (C=O) groups excluding carboxylic acids is 1. The first-order valence-electron chi connectivity index (χ1n) is 11.6. The second-order valence-electron chi connectivity index (χ2n) is 8.71. The Morgan fingerprint density at radius 1 is 1.03 bits per heavy atom. The van der Waals surface area contributed by atoms with Crippen LogP contribution in [0, 0.1) is 5.82 Å². The molecule has 0 aromatic heterocycles. The zero-order valence-electron chi connectivity index (χ0n) is 19.4. The largest absolute Gasteiger partial charge is 0.496 e. The Morgan fingerprint density at radius 2 is 1.68 bits per heavy atom. The molecule has 34 heavy (non-hydrogen) atoms. The quantitative estimate of drug-likeness (QED) is 0.517. The average Bonchev–Trinajstić information content (AvgIpc) is 2.88. The van der Waals surface area contributed by atoms with E-state index in [1.54, 1.807) is 13.2 Å². The molecule has 0 spiro atoms. The molecular weight excluding hydrogens is 429 g/mol. The van der Waals surface area contributed by atoms with Gasteiger partial charge >= 0.3 is 0 Å². The molecule has 0 saturated carbocycles.